The molecule has 0 atom stereocenters. The van der Waals surface area contributed by atoms with Gasteiger partial charge in [0.1, 0.15) is 0 Å². The highest BCUT2D eigenvalue weighted by Crippen LogP contribution is 2.31. The summed E-state index contributed by atoms with van der Waals surface area (Å²) in [6, 6.07) is 0. The van der Waals surface area contributed by atoms with Crippen LogP contribution in [0.2, 0.25) is 0 Å². The van der Waals surface area contributed by atoms with Crippen molar-refractivity contribution >= 4 is 12.0 Å². The predicted octanol–water partition coefficient (Wildman–Crippen LogP) is 0.942. The fraction of sp³-hybridized carbons (Fsp3) is 0.818. The first-order chi connectivity index (χ1) is 7.26. The number of rotatable bonds is 2. The number of carbonyl (C=O) groups is 2. The van der Waals surface area contributed by atoms with E-state index in [1.807, 2.05) is 20.8 Å². The molecule has 0 aromatic heterocycles. The first-order valence-electron chi connectivity index (χ1n) is 5.43. The van der Waals surface area contributed by atoms with Crippen LogP contribution in [-0.2, 0) is 9.53 Å². The molecule has 0 bridgehead atoms. The van der Waals surface area contributed by atoms with E-state index in [4.69, 9.17) is 4.74 Å². The van der Waals surface area contributed by atoms with E-state index < -0.39 is 5.41 Å². The third-order valence-corrected chi connectivity index (χ3v) is 2.60. The molecule has 0 aromatic rings. The van der Waals surface area contributed by atoms with E-state index in [1.54, 1.807) is 23.9 Å². The quantitative estimate of drug-likeness (QED) is 0.706. The van der Waals surface area contributed by atoms with Crippen molar-refractivity contribution in [2.45, 2.75) is 26.9 Å². The molecule has 5 heteroatoms. The number of likely N-dealkylation sites (tertiary alicyclic amines) is 1. The van der Waals surface area contributed by atoms with Crippen molar-refractivity contribution in [2.75, 3.05) is 27.2 Å². The first-order valence-corrected chi connectivity index (χ1v) is 5.43. The van der Waals surface area contributed by atoms with Gasteiger partial charge < -0.3 is 14.5 Å². The second kappa shape index (κ2) is 4.31. The van der Waals surface area contributed by atoms with E-state index in [0.717, 1.165) is 0 Å². The summed E-state index contributed by atoms with van der Waals surface area (Å²) >= 11 is 0. The Labute approximate surface area is 96.3 Å². The summed E-state index contributed by atoms with van der Waals surface area (Å²) < 4.78 is 5.05. The Morgan fingerprint density at radius 3 is 2.19 bits per heavy atom. The number of hydrogen-bond acceptors (Lipinski definition) is 3. The number of hydrogen-bond donors (Lipinski definition) is 0. The van der Waals surface area contributed by atoms with E-state index in [2.05, 4.69) is 0 Å². The summed E-state index contributed by atoms with van der Waals surface area (Å²) in [4.78, 5) is 26.4. The molecular weight excluding hydrogens is 208 g/mol. The van der Waals surface area contributed by atoms with Gasteiger partial charge in [0.25, 0.3) is 0 Å². The predicted molar refractivity (Wildman–Crippen MR) is 60.0 cm³/mol. The molecule has 0 aliphatic carbocycles. The molecular formula is C11H20N2O3. The monoisotopic (exact) mass is 228 g/mol. The van der Waals surface area contributed by atoms with Crippen LogP contribution in [0.1, 0.15) is 20.8 Å². The van der Waals surface area contributed by atoms with Gasteiger partial charge in [0.05, 0.1) is 11.5 Å². The number of amides is 2. The van der Waals surface area contributed by atoms with Gasteiger partial charge in [-0.15, -0.1) is 0 Å². The molecule has 1 aliphatic heterocycles. The van der Waals surface area contributed by atoms with Crippen LogP contribution in [0.4, 0.5) is 4.79 Å². The van der Waals surface area contributed by atoms with Crippen molar-refractivity contribution in [2.24, 2.45) is 5.41 Å². The van der Waals surface area contributed by atoms with Crippen molar-refractivity contribution in [3.05, 3.63) is 0 Å². The zero-order chi connectivity index (χ0) is 12.5. The van der Waals surface area contributed by atoms with Gasteiger partial charge in [-0.25, -0.2) is 4.79 Å². The second-order valence-corrected chi connectivity index (χ2v) is 5.05. The standard InChI is InChI=1S/C11H20N2O3/c1-8(2)16-10(15)13-6-11(3,7-13)9(14)12(4)5/h8H,6-7H2,1-5H3. The Hall–Kier alpha value is -1.26. The first kappa shape index (κ1) is 12.8. The summed E-state index contributed by atoms with van der Waals surface area (Å²) in [6.07, 6.45) is -0.456. The van der Waals surface area contributed by atoms with Gasteiger partial charge in [-0.1, -0.05) is 0 Å². The molecule has 92 valence electrons. The van der Waals surface area contributed by atoms with Crippen LogP contribution in [0.5, 0.6) is 0 Å². The van der Waals surface area contributed by atoms with Crippen molar-refractivity contribution in [1.29, 1.82) is 0 Å². The van der Waals surface area contributed by atoms with Gasteiger partial charge in [-0.3, -0.25) is 4.79 Å². The highest BCUT2D eigenvalue weighted by atomic mass is 16.6. The molecule has 0 radical (unpaired) electrons. The van der Waals surface area contributed by atoms with Crippen molar-refractivity contribution < 1.29 is 14.3 Å². The molecule has 0 unspecified atom stereocenters. The molecule has 0 N–H and O–H groups in total. The average Bonchev–Trinajstić information content (AvgIpc) is 2.10. The molecule has 5 nitrogen and oxygen atoms in total. The van der Waals surface area contributed by atoms with Crippen LogP contribution in [0.15, 0.2) is 0 Å². The van der Waals surface area contributed by atoms with Crippen LogP contribution in [-0.4, -0.2) is 55.1 Å². The van der Waals surface area contributed by atoms with Crippen molar-refractivity contribution in [3.8, 4) is 0 Å². The second-order valence-electron chi connectivity index (χ2n) is 5.05. The Kier molecular flexibility index (Phi) is 3.45. The van der Waals surface area contributed by atoms with Crippen LogP contribution in [0, 0.1) is 5.41 Å². The summed E-state index contributed by atoms with van der Waals surface area (Å²) in [6.45, 7) is 6.36. The van der Waals surface area contributed by atoms with E-state index >= 15 is 0 Å². The Bertz CT molecular complexity index is 294. The van der Waals surface area contributed by atoms with E-state index in [-0.39, 0.29) is 18.1 Å². The molecule has 2 amide bonds. The minimum Gasteiger partial charge on any atom is -0.447 e. The van der Waals surface area contributed by atoms with Gasteiger partial charge in [-0.2, -0.15) is 0 Å². The van der Waals surface area contributed by atoms with Crippen LogP contribution >= 0.6 is 0 Å². The minimum atomic E-state index is -0.445. The van der Waals surface area contributed by atoms with Gasteiger partial charge >= 0.3 is 6.09 Å². The van der Waals surface area contributed by atoms with E-state index in [9.17, 15) is 9.59 Å². The molecule has 1 rings (SSSR count). The van der Waals surface area contributed by atoms with Gasteiger partial charge in [0.2, 0.25) is 5.91 Å². The van der Waals surface area contributed by atoms with Gasteiger partial charge in [0.15, 0.2) is 0 Å². The SMILES string of the molecule is CC(C)OC(=O)N1CC(C)(C(=O)N(C)C)C1. The van der Waals surface area contributed by atoms with Crippen molar-refractivity contribution in [3.63, 3.8) is 0 Å². The van der Waals surface area contributed by atoms with Crippen LogP contribution in [0.3, 0.4) is 0 Å². The lowest BCUT2D eigenvalue weighted by Gasteiger charge is -2.46. The van der Waals surface area contributed by atoms with E-state index in [1.165, 1.54) is 0 Å². The Morgan fingerprint density at radius 2 is 1.81 bits per heavy atom. The number of ether oxygens (including phenoxy) is 1. The number of nitrogens with zero attached hydrogens (tertiary/aromatic N) is 2. The molecule has 0 aromatic carbocycles. The zero-order valence-electron chi connectivity index (χ0n) is 10.6. The zero-order valence-corrected chi connectivity index (χ0v) is 10.6. The highest BCUT2D eigenvalue weighted by molar-refractivity contribution is 5.85. The smallest absolute Gasteiger partial charge is 0.410 e. The summed E-state index contributed by atoms with van der Waals surface area (Å²) in [5.41, 5.74) is -0.445. The van der Waals surface area contributed by atoms with Gasteiger partial charge in [-0.05, 0) is 20.8 Å². The molecule has 0 saturated carbocycles. The van der Waals surface area contributed by atoms with Gasteiger partial charge in [0, 0.05) is 27.2 Å². The molecule has 1 saturated heterocycles. The maximum Gasteiger partial charge on any atom is 0.410 e. The molecule has 16 heavy (non-hydrogen) atoms. The third kappa shape index (κ3) is 2.46. The highest BCUT2D eigenvalue weighted by Gasteiger charge is 2.48. The van der Waals surface area contributed by atoms with Crippen molar-refractivity contribution in [1.82, 2.24) is 9.80 Å². The molecule has 1 heterocycles. The molecule has 0 spiro atoms. The van der Waals surface area contributed by atoms with E-state index in [0.29, 0.717) is 13.1 Å². The molecule has 1 fully saturated rings. The maximum atomic E-state index is 11.8. The molecule has 1 aliphatic rings. The Balaban J connectivity index is 2.48. The minimum absolute atomic E-state index is 0.0566. The summed E-state index contributed by atoms with van der Waals surface area (Å²) in [5.74, 6) is 0.0566. The Morgan fingerprint density at radius 1 is 1.31 bits per heavy atom. The lowest BCUT2D eigenvalue weighted by molar-refractivity contribution is -0.147. The average molecular weight is 228 g/mol. The maximum absolute atomic E-state index is 11.8. The van der Waals surface area contributed by atoms with Crippen LogP contribution in [0.25, 0.3) is 0 Å². The largest absolute Gasteiger partial charge is 0.447 e. The lowest BCUT2D eigenvalue weighted by atomic mass is 9.81. The third-order valence-electron chi connectivity index (χ3n) is 2.60. The fourth-order valence-corrected chi connectivity index (χ4v) is 1.88. The fourth-order valence-electron chi connectivity index (χ4n) is 1.88. The lowest BCUT2D eigenvalue weighted by Crippen LogP contribution is -2.63. The summed E-state index contributed by atoms with van der Waals surface area (Å²) in [7, 11) is 3.45. The normalized spacial score (nSPS) is 18.0. The summed E-state index contributed by atoms with van der Waals surface area (Å²) in [5, 5.41) is 0. The number of carbonyl (C=O) groups excluding carboxylic acids is 2. The topological polar surface area (TPSA) is 49.9 Å². The van der Waals surface area contributed by atoms with Crippen LogP contribution < -0.4 is 0 Å².